The molecule has 1 unspecified atom stereocenters. The van der Waals surface area contributed by atoms with E-state index in [1.807, 2.05) is 38.2 Å². The number of ether oxygens (including phenoxy) is 1. The van der Waals surface area contributed by atoms with Crippen LogP contribution in [-0.4, -0.2) is 47.5 Å². The second-order valence-corrected chi connectivity index (χ2v) is 6.92. The highest BCUT2D eigenvalue weighted by atomic mass is 35.5. The molecule has 1 saturated heterocycles. The van der Waals surface area contributed by atoms with Crippen LogP contribution in [0.5, 0.6) is 5.75 Å². The Labute approximate surface area is 153 Å². The van der Waals surface area contributed by atoms with Gasteiger partial charge in [-0.05, 0) is 44.0 Å². The molecule has 2 aliphatic rings. The highest BCUT2D eigenvalue weighted by molar-refractivity contribution is 8.14. The highest BCUT2D eigenvalue weighted by Crippen LogP contribution is 2.30. The lowest BCUT2D eigenvalue weighted by Gasteiger charge is -2.20. The Balaban J connectivity index is 0.00000208. The summed E-state index contributed by atoms with van der Waals surface area (Å²) in [7, 11) is 2.04. The van der Waals surface area contributed by atoms with Crippen molar-refractivity contribution < 1.29 is 9.53 Å². The van der Waals surface area contributed by atoms with Gasteiger partial charge in [-0.15, -0.1) is 12.4 Å². The molecule has 0 bridgehead atoms. The molecule has 1 heterocycles. The van der Waals surface area contributed by atoms with Crippen LogP contribution in [-0.2, 0) is 4.79 Å². The minimum Gasteiger partial charge on any atom is -0.494 e. The fourth-order valence-corrected chi connectivity index (χ4v) is 3.71. The molecule has 24 heavy (non-hydrogen) atoms. The molecule has 0 aromatic heterocycles. The zero-order valence-corrected chi connectivity index (χ0v) is 15.7. The maximum atomic E-state index is 12.2. The highest BCUT2D eigenvalue weighted by Gasteiger charge is 2.31. The molecule has 7 heteroatoms. The number of nitrogens with one attached hydrogen (secondary N) is 1. The third-order valence-electron chi connectivity index (χ3n) is 3.96. The number of carbonyl (C=O) groups excluding carboxylic acids is 1. The molecule has 1 N–H and O–H groups in total. The predicted octanol–water partition coefficient (Wildman–Crippen LogP) is 3.40. The molecule has 1 aromatic rings. The zero-order valence-electron chi connectivity index (χ0n) is 14.0. The Kier molecular flexibility index (Phi) is 6.80. The molecule has 132 valence electrons. The molecule has 1 aliphatic carbocycles. The van der Waals surface area contributed by atoms with Crippen molar-refractivity contribution in [2.75, 3.05) is 24.7 Å². The number of amidine groups is 1. The smallest absolute Gasteiger partial charge is 0.226 e. The van der Waals surface area contributed by atoms with Gasteiger partial charge in [0.1, 0.15) is 5.75 Å². The van der Waals surface area contributed by atoms with Crippen LogP contribution in [0.3, 0.4) is 0 Å². The fourth-order valence-electron chi connectivity index (χ4n) is 2.45. The minimum atomic E-state index is 0. The van der Waals surface area contributed by atoms with Crippen LogP contribution in [0.4, 0.5) is 5.69 Å². The van der Waals surface area contributed by atoms with Crippen molar-refractivity contribution in [2.24, 2.45) is 4.99 Å². The number of hydrogen-bond donors (Lipinski definition) is 1. The average Bonchev–Trinajstić information content (AvgIpc) is 3.29. The Morgan fingerprint density at radius 2 is 2.08 bits per heavy atom. The van der Waals surface area contributed by atoms with Gasteiger partial charge in [0.25, 0.3) is 0 Å². The van der Waals surface area contributed by atoms with Gasteiger partial charge in [-0.1, -0.05) is 11.8 Å². The maximum Gasteiger partial charge on any atom is 0.226 e. The summed E-state index contributed by atoms with van der Waals surface area (Å²) in [6.45, 7) is 2.59. The van der Waals surface area contributed by atoms with E-state index in [9.17, 15) is 4.79 Å². The Bertz CT molecular complexity index is 590. The number of thioether (sulfide) groups is 1. The molecule has 1 saturated carbocycles. The van der Waals surface area contributed by atoms with Gasteiger partial charge in [0.15, 0.2) is 5.17 Å². The summed E-state index contributed by atoms with van der Waals surface area (Å²) in [5.74, 6) is 1.79. The van der Waals surface area contributed by atoms with E-state index in [1.54, 1.807) is 11.8 Å². The van der Waals surface area contributed by atoms with E-state index in [0.29, 0.717) is 19.1 Å². The van der Waals surface area contributed by atoms with Crippen LogP contribution in [0.1, 0.15) is 26.2 Å². The molecular weight excluding hydrogens is 346 g/mol. The van der Waals surface area contributed by atoms with Gasteiger partial charge in [0.05, 0.1) is 12.6 Å². The molecule has 1 aromatic carbocycles. The van der Waals surface area contributed by atoms with Crippen LogP contribution < -0.4 is 10.1 Å². The Morgan fingerprint density at radius 1 is 1.38 bits per heavy atom. The van der Waals surface area contributed by atoms with Gasteiger partial charge >= 0.3 is 0 Å². The average molecular weight is 370 g/mol. The Morgan fingerprint density at radius 3 is 2.71 bits per heavy atom. The quantitative estimate of drug-likeness (QED) is 0.834. The number of anilines is 1. The second-order valence-electron chi connectivity index (χ2n) is 5.93. The van der Waals surface area contributed by atoms with Crippen LogP contribution in [0, 0.1) is 0 Å². The number of rotatable bonds is 6. The number of nitrogens with zero attached hydrogens (tertiary/aromatic N) is 2. The van der Waals surface area contributed by atoms with Crippen molar-refractivity contribution in [1.82, 2.24) is 4.90 Å². The van der Waals surface area contributed by atoms with Crippen LogP contribution >= 0.6 is 24.2 Å². The van der Waals surface area contributed by atoms with Gasteiger partial charge in [-0.3, -0.25) is 9.79 Å². The summed E-state index contributed by atoms with van der Waals surface area (Å²) < 4.78 is 5.40. The van der Waals surface area contributed by atoms with Gasteiger partial charge < -0.3 is 15.0 Å². The molecule has 0 spiro atoms. The van der Waals surface area contributed by atoms with Crippen LogP contribution in [0.2, 0.25) is 0 Å². The van der Waals surface area contributed by atoms with Gasteiger partial charge in [0.2, 0.25) is 5.91 Å². The summed E-state index contributed by atoms with van der Waals surface area (Å²) >= 11 is 1.76. The standard InChI is InChI=1S/C17H23N3O2S.ClH/c1-3-22-15-8-6-12(7-9-15)18-16(21)10-14-11-23-17(20(14)2)19-13-4-5-13;/h6-9,13-14H,3-5,10-11H2,1-2H3,(H,18,21);1H. The summed E-state index contributed by atoms with van der Waals surface area (Å²) in [5, 5.41) is 4.05. The van der Waals surface area contributed by atoms with Crippen molar-refractivity contribution in [3.63, 3.8) is 0 Å². The topological polar surface area (TPSA) is 53.9 Å². The second kappa shape index (κ2) is 8.62. The number of carbonyl (C=O) groups is 1. The maximum absolute atomic E-state index is 12.2. The lowest BCUT2D eigenvalue weighted by Crippen LogP contribution is -2.33. The number of hydrogen-bond acceptors (Lipinski definition) is 4. The van der Waals surface area contributed by atoms with Crippen molar-refractivity contribution in [3.8, 4) is 5.75 Å². The first kappa shape index (κ1) is 18.9. The van der Waals surface area contributed by atoms with Crippen molar-refractivity contribution in [3.05, 3.63) is 24.3 Å². The zero-order chi connectivity index (χ0) is 16.2. The third kappa shape index (κ3) is 5.05. The normalized spacial score (nSPS) is 21.5. The summed E-state index contributed by atoms with van der Waals surface area (Å²) in [6, 6.07) is 8.23. The number of benzene rings is 1. The molecule has 1 amide bonds. The van der Waals surface area contributed by atoms with E-state index in [2.05, 4.69) is 10.2 Å². The Hall–Kier alpha value is -1.40. The van der Waals surface area contributed by atoms with Crippen LogP contribution in [0.25, 0.3) is 0 Å². The number of aliphatic imine (C=N–C) groups is 1. The largest absolute Gasteiger partial charge is 0.494 e. The lowest BCUT2D eigenvalue weighted by atomic mass is 10.2. The minimum absolute atomic E-state index is 0. The number of halogens is 1. The van der Waals surface area contributed by atoms with Crippen LogP contribution in [0.15, 0.2) is 29.3 Å². The van der Waals surface area contributed by atoms with E-state index >= 15 is 0 Å². The van der Waals surface area contributed by atoms with Crippen molar-refractivity contribution in [2.45, 2.75) is 38.3 Å². The van der Waals surface area contributed by atoms with Gasteiger partial charge in [-0.2, -0.15) is 0 Å². The monoisotopic (exact) mass is 369 g/mol. The first-order valence-corrected chi connectivity index (χ1v) is 9.10. The summed E-state index contributed by atoms with van der Waals surface area (Å²) in [5.41, 5.74) is 0.804. The molecule has 1 atom stereocenters. The summed E-state index contributed by atoms with van der Waals surface area (Å²) in [6.07, 6.45) is 2.90. The van der Waals surface area contributed by atoms with Crippen molar-refractivity contribution >= 4 is 40.9 Å². The molecule has 2 fully saturated rings. The van der Waals surface area contributed by atoms with E-state index in [4.69, 9.17) is 9.73 Å². The third-order valence-corrected chi connectivity index (χ3v) is 5.17. The van der Waals surface area contributed by atoms with E-state index < -0.39 is 0 Å². The lowest BCUT2D eigenvalue weighted by molar-refractivity contribution is -0.116. The number of amides is 1. The fraction of sp³-hybridized carbons (Fsp3) is 0.529. The summed E-state index contributed by atoms with van der Waals surface area (Å²) in [4.78, 5) is 19.1. The molecular formula is C17H24ClN3O2S. The SMILES string of the molecule is CCOc1ccc(NC(=O)CC2CSC(=NC3CC3)N2C)cc1.Cl. The molecule has 0 radical (unpaired) electrons. The first-order chi connectivity index (χ1) is 11.2. The van der Waals surface area contributed by atoms with Gasteiger partial charge in [0, 0.05) is 31.0 Å². The molecule has 3 rings (SSSR count). The van der Waals surface area contributed by atoms with Crippen molar-refractivity contribution in [1.29, 1.82) is 0 Å². The molecule has 5 nitrogen and oxygen atoms in total. The van der Waals surface area contributed by atoms with E-state index in [1.165, 1.54) is 12.8 Å². The van der Waals surface area contributed by atoms with E-state index in [0.717, 1.165) is 22.4 Å². The predicted molar refractivity (Wildman–Crippen MR) is 103 cm³/mol. The first-order valence-electron chi connectivity index (χ1n) is 8.12. The van der Waals surface area contributed by atoms with Gasteiger partial charge in [-0.25, -0.2) is 0 Å². The van der Waals surface area contributed by atoms with E-state index in [-0.39, 0.29) is 24.4 Å². The molecule has 1 aliphatic heterocycles.